The zero-order chi connectivity index (χ0) is 20.8. The molecule has 6 rings (SSSR count). The summed E-state index contributed by atoms with van der Waals surface area (Å²) < 4.78 is 4.50. The highest BCUT2D eigenvalue weighted by Gasteiger charge is 2.17. The van der Waals surface area contributed by atoms with Crippen LogP contribution in [-0.4, -0.2) is 24.2 Å². The Bertz CT molecular complexity index is 1510. The van der Waals surface area contributed by atoms with Crippen molar-refractivity contribution in [3.05, 3.63) is 85.7 Å². The summed E-state index contributed by atoms with van der Waals surface area (Å²) >= 11 is 0. The van der Waals surface area contributed by atoms with Gasteiger partial charge < -0.3 is 19.2 Å². The largest absolute Gasteiger partial charge is 0.508 e. The fraction of sp³-hybridized carbons (Fsp3) is 0.115. The molecule has 2 N–H and O–H groups in total. The molecular weight excluding hydrogens is 384 g/mol. The number of hydrogen-bond donors (Lipinski definition) is 2. The smallest absolute Gasteiger partial charge is 0.116 e. The Morgan fingerprint density at radius 1 is 0.871 bits per heavy atom. The molecule has 0 spiro atoms. The van der Waals surface area contributed by atoms with Crippen molar-refractivity contribution in [2.24, 2.45) is 0 Å². The summed E-state index contributed by atoms with van der Waals surface area (Å²) in [7, 11) is 0. The van der Waals surface area contributed by atoms with Crippen molar-refractivity contribution in [1.82, 2.24) is 19.1 Å². The van der Waals surface area contributed by atoms with Gasteiger partial charge in [-0.05, 0) is 41.8 Å². The number of aromatic amines is 1. The van der Waals surface area contributed by atoms with E-state index in [0.29, 0.717) is 5.75 Å². The minimum atomic E-state index is 0.292. The van der Waals surface area contributed by atoms with Gasteiger partial charge in [0.1, 0.15) is 5.75 Å². The van der Waals surface area contributed by atoms with E-state index >= 15 is 0 Å². The van der Waals surface area contributed by atoms with Gasteiger partial charge in [-0.15, -0.1) is 0 Å². The molecular formula is C26H22N4O. The van der Waals surface area contributed by atoms with Gasteiger partial charge in [0.2, 0.25) is 0 Å². The molecule has 3 aromatic carbocycles. The predicted octanol–water partition coefficient (Wildman–Crippen LogP) is 5.94. The van der Waals surface area contributed by atoms with Gasteiger partial charge in [-0.2, -0.15) is 0 Å². The van der Waals surface area contributed by atoms with E-state index in [4.69, 9.17) is 0 Å². The average molecular weight is 406 g/mol. The van der Waals surface area contributed by atoms with Crippen LogP contribution in [0.3, 0.4) is 0 Å². The number of nitrogens with one attached hydrogen (secondary N) is 1. The number of H-pyrrole nitrogens is 1. The maximum atomic E-state index is 10.2. The van der Waals surface area contributed by atoms with Crippen LogP contribution in [0.4, 0.5) is 0 Å². The normalized spacial score (nSPS) is 11.7. The van der Waals surface area contributed by atoms with Gasteiger partial charge in [-0.1, -0.05) is 30.3 Å². The predicted molar refractivity (Wildman–Crippen MR) is 125 cm³/mol. The molecule has 0 saturated heterocycles. The third-order valence-electron chi connectivity index (χ3n) is 6.12. The van der Waals surface area contributed by atoms with Gasteiger partial charge in [0.05, 0.1) is 11.8 Å². The van der Waals surface area contributed by atoms with Crippen LogP contribution in [0.25, 0.3) is 43.7 Å². The Morgan fingerprint density at radius 2 is 1.74 bits per heavy atom. The van der Waals surface area contributed by atoms with Crippen molar-refractivity contribution in [3.63, 3.8) is 0 Å². The van der Waals surface area contributed by atoms with Gasteiger partial charge >= 0.3 is 0 Å². The lowest BCUT2D eigenvalue weighted by Crippen LogP contribution is -2.02. The molecule has 152 valence electrons. The van der Waals surface area contributed by atoms with Gasteiger partial charge in [0.15, 0.2) is 0 Å². The van der Waals surface area contributed by atoms with Crippen molar-refractivity contribution < 1.29 is 5.11 Å². The molecule has 0 amide bonds. The van der Waals surface area contributed by atoms with E-state index in [1.165, 1.54) is 32.8 Å². The van der Waals surface area contributed by atoms with Crippen molar-refractivity contribution >= 4 is 32.6 Å². The Labute approximate surface area is 179 Å². The lowest BCUT2D eigenvalue weighted by Gasteiger charge is -2.10. The molecule has 5 heteroatoms. The van der Waals surface area contributed by atoms with Gasteiger partial charge in [0.25, 0.3) is 0 Å². The van der Waals surface area contributed by atoms with Crippen LogP contribution in [0, 0.1) is 0 Å². The third-order valence-corrected chi connectivity index (χ3v) is 6.12. The monoisotopic (exact) mass is 406 g/mol. The molecule has 0 aliphatic heterocycles. The van der Waals surface area contributed by atoms with Crippen molar-refractivity contribution in [2.45, 2.75) is 19.5 Å². The lowest BCUT2D eigenvalue weighted by atomic mass is 9.97. The fourth-order valence-corrected chi connectivity index (χ4v) is 4.73. The Hall–Kier alpha value is -3.99. The molecule has 0 bridgehead atoms. The number of phenols is 1. The molecule has 0 atom stereocenters. The van der Waals surface area contributed by atoms with Crippen LogP contribution >= 0.6 is 0 Å². The summed E-state index contributed by atoms with van der Waals surface area (Å²) in [5, 5.41) is 14.9. The minimum absolute atomic E-state index is 0.292. The average Bonchev–Trinajstić information content (AvgIpc) is 3.53. The summed E-state index contributed by atoms with van der Waals surface area (Å²) in [6.07, 6.45) is 10.8. The number of aromatic nitrogens is 4. The second-order valence-corrected chi connectivity index (χ2v) is 7.97. The quantitative estimate of drug-likeness (QED) is 0.372. The Balaban J connectivity index is 1.60. The molecule has 0 radical (unpaired) electrons. The number of imidazole rings is 1. The maximum absolute atomic E-state index is 10.2. The van der Waals surface area contributed by atoms with E-state index in [2.05, 4.69) is 61.8 Å². The number of hydrogen-bond acceptors (Lipinski definition) is 2. The zero-order valence-electron chi connectivity index (χ0n) is 17.0. The third kappa shape index (κ3) is 2.89. The minimum Gasteiger partial charge on any atom is -0.508 e. The molecule has 0 fully saturated rings. The standard InChI is InChI=1S/C26H22N4O/c31-19-7-8-24-21(13-19)26-23-16-28-15-22(23)20(18-5-2-1-3-6-18)14-25(26)30(24)11-4-10-29-12-9-27-17-29/h1-3,5-9,12-17,28,31H,4,10-11H2. The van der Waals surface area contributed by atoms with Crippen LogP contribution < -0.4 is 0 Å². The van der Waals surface area contributed by atoms with Gasteiger partial charge in [0, 0.05) is 64.9 Å². The van der Waals surface area contributed by atoms with E-state index in [1.54, 1.807) is 6.07 Å². The first-order chi connectivity index (χ1) is 15.3. The highest BCUT2D eigenvalue weighted by Crippen LogP contribution is 2.41. The van der Waals surface area contributed by atoms with E-state index in [9.17, 15) is 5.11 Å². The topological polar surface area (TPSA) is 58.8 Å². The molecule has 0 saturated carbocycles. The summed E-state index contributed by atoms with van der Waals surface area (Å²) in [4.78, 5) is 7.45. The number of aryl methyl sites for hydroxylation is 2. The number of phenolic OH excluding ortho intramolecular Hbond substituents is 1. The van der Waals surface area contributed by atoms with E-state index in [0.717, 1.165) is 30.4 Å². The summed E-state index contributed by atoms with van der Waals surface area (Å²) in [6, 6.07) is 18.5. The molecule has 3 aromatic heterocycles. The van der Waals surface area contributed by atoms with E-state index < -0.39 is 0 Å². The highest BCUT2D eigenvalue weighted by atomic mass is 16.3. The summed E-state index contributed by atoms with van der Waals surface area (Å²) in [5.74, 6) is 0.292. The van der Waals surface area contributed by atoms with Crippen LogP contribution in [0.2, 0.25) is 0 Å². The molecule has 0 aliphatic carbocycles. The van der Waals surface area contributed by atoms with E-state index in [-0.39, 0.29) is 0 Å². The SMILES string of the molecule is Oc1ccc2c(c1)c1c3c[nH]cc3c(-c3ccccc3)cc1n2CCCn1ccnc1. The highest BCUT2D eigenvalue weighted by molar-refractivity contribution is 6.23. The zero-order valence-corrected chi connectivity index (χ0v) is 17.0. The molecule has 5 nitrogen and oxygen atoms in total. The lowest BCUT2D eigenvalue weighted by molar-refractivity contribution is 0.476. The second kappa shape index (κ2) is 7.06. The van der Waals surface area contributed by atoms with Gasteiger partial charge in [-0.25, -0.2) is 4.98 Å². The first-order valence-electron chi connectivity index (χ1n) is 10.6. The number of aromatic hydroxyl groups is 1. The number of nitrogens with zero attached hydrogens (tertiary/aromatic N) is 3. The first-order valence-corrected chi connectivity index (χ1v) is 10.6. The molecule has 6 aromatic rings. The Morgan fingerprint density at radius 3 is 2.58 bits per heavy atom. The molecule has 0 unspecified atom stereocenters. The number of benzene rings is 3. The molecule has 0 aliphatic rings. The number of fused-ring (bicyclic) bond motifs is 5. The van der Waals surface area contributed by atoms with Crippen LogP contribution in [0.1, 0.15) is 6.42 Å². The second-order valence-electron chi connectivity index (χ2n) is 7.97. The summed E-state index contributed by atoms with van der Waals surface area (Å²) in [5.41, 5.74) is 4.75. The van der Waals surface area contributed by atoms with E-state index in [1.807, 2.05) is 36.9 Å². The number of rotatable bonds is 5. The Kier molecular flexibility index (Phi) is 4.06. The first kappa shape index (κ1) is 17.8. The fourth-order valence-electron chi connectivity index (χ4n) is 4.73. The van der Waals surface area contributed by atoms with Crippen molar-refractivity contribution in [3.8, 4) is 16.9 Å². The molecule has 31 heavy (non-hydrogen) atoms. The summed E-state index contributed by atoms with van der Waals surface area (Å²) in [6.45, 7) is 1.80. The van der Waals surface area contributed by atoms with Crippen LogP contribution in [0.5, 0.6) is 5.75 Å². The van der Waals surface area contributed by atoms with Crippen molar-refractivity contribution in [2.75, 3.05) is 0 Å². The maximum Gasteiger partial charge on any atom is 0.116 e. The van der Waals surface area contributed by atoms with Crippen LogP contribution in [-0.2, 0) is 13.1 Å². The van der Waals surface area contributed by atoms with Gasteiger partial charge in [-0.3, -0.25) is 0 Å². The molecule has 3 heterocycles. The van der Waals surface area contributed by atoms with Crippen LogP contribution in [0.15, 0.2) is 85.7 Å². The van der Waals surface area contributed by atoms with Crippen molar-refractivity contribution in [1.29, 1.82) is 0 Å².